The van der Waals surface area contributed by atoms with Crippen molar-refractivity contribution in [3.05, 3.63) is 164 Å². The fourth-order valence-electron chi connectivity index (χ4n) is 3.48. The van der Waals surface area contributed by atoms with Crippen LogP contribution in [0.1, 0.15) is 0 Å². The van der Waals surface area contributed by atoms with Crippen LogP contribution in [0.5, 0.6) is 51.7 Å². The predicted octanol–water partition coefficient (Wildman–Crippen LogP) is 8.74. The molecule has 9 nitrogen and oxygen atoms in total. The normalized spacial score (nSPS) is 9.65. The summed E-state index contributed by atoms with van der Waals surface area (Å²) in [6, 6.07) is 48.8. The highest BCUT2D eigenvalue weighted by Gasteiger charge is 2.02. The minimum atomic E-state index is -2.62. The molecule has 0 aliphatic heterocycles. The summed E-state index contributed by atoms with van der Waals surface area (Å²) in [6.45, 7) is 0. The fraction of sp³-hybridized carbons (Fsp3) is 0. The van der Waals surface area contributed by atoms with E-state index in [1.165, 1.54) is 0 Å². The molecule has 0 radical (unpaired) electrons. The van der Waals surface area contributed by atoms with E-state index in [1.54, 1.807) is 54.6 Å². The molecule has 0 aliphatic carbocycles. The van der Waals surface area contributed by atoms with Gasteiger partial charge in [-0.1, -0.05) is 91.0 Å². The monoisotopic (exact) mass is 640 g/mol. The number of hydrogen-bond donors (Lipinski definition) is 6. The van der Waals surface area contributed by atoms with Crippen molar-refractivity contribution in [3.63, 3.8) is 0 Å². The zero-order valence-corrected chi connectivity index (χ0v) is 25.3. The molecule has 10 heteroatoms. The highest BCUT2D eigenvalue weighted by Crippen LogP contribution is 2.31. The standard InChI is InChI=1S/3C12H10O2.H3O3P/c3*13-11-8-4-5-9-12(11)14-10-6-2-1-3-7-10;1-4(2)3/h3*1-9,13H;1-3H. The molecule has 0 bridgehead atoms. The van der Waals surface area contributed by atoms with E-state index < -0.39 is 8.60 Å². The first-order valence-corrected chi connectivity index (χ1v) is 14.9. The third kappa shape index (κ3) is 13.4. The van der Waals surface area contributed by atoms with Crippen LogP contribution in [0.15, 0.2) is 164 Å². The van der Waals surface area contributed by atoms with Gasteiger partial charge in [-0.25, -0.2) is 0 Å². The van der Waals surface area contributed by atoms with Crippen molar-refractivity contribution < 1.29 is 44.2 Å². The second-order valence-electron chi connectivity index (χ2n) is 8.92. The summed E-state index contributed by atoms with van der Waals surface area (Å²) in [5, 5.41) is 28.3. The van der Waals surface area contributed by atoms with E-state index in [4.69, 9.17) is 28.9 Å². The molecule has 6 aromatic carbocycles. The van der Waals surface area contributed by atoms with Crippen molar-refractivity contribution in [2.24, 2.45) is 0 Å². The molecule has 236 valence electrons. The van der Waals surface area contributed by atoms with Crippen LogP contribution < -0.4 is 14.2 Å². The average molecular weight is 641 g/mol. The number of phenols is 3. The molecule has 6 aromatic rings. The van der Waals surface area contributed by atoms with Gasteiger partial charge in [0.2, 0.25) is 0 Å². The minimum Gasteiger partial charge on any atom is -0.504 e. The highest BCUT2D eigenvalue weighted by molar-refractivity contribution is 7.38. The number of para-hydroxylation sites is 9. The predicted molar refractivity (Wildman–Crippen MR) is 177 cm³/mol. The van der Waals surface area contributed by atoms with Crippen molar-refractivity contribution >= 4 is 8.60 Å². The Morgan fingerprint density at radius 3 is 0.717 bits per heavy atom. The van der Waals surface area contributed by atoms with Gasteiger partial charge in [0.25, 0.3) is 0 Å². The van der Waals surface area contributed by atoms with Crippen LogP contribution in [0, 0.1) is 0 Å². The van der Waals surface area contributed by atoms with Crippen molar-refractivity contribution in [3.8, 4) is 51.7 Å². The molecule has 0 fully saturated rings. The van der Waals surface area contributed by atoms with Crippen molar-refractivity contribution in [2.45, 2.75) is 0 Å². The van der Waals surface area contributed by atoms with Crippen molar-refractivity contribution in [1.29, 1.82) is 0 Å². The zero-order valence-electron chi connectivity index (χ0n) is 24.4. The van der Waals surface area contributed by atoms with Crippen LogP contribution in [-0.2, 0) is 0 Å². The summed E-state index contributed by atoms with van der Waals surface area (Å²) < 4.78 is 16.4. The van der Waals surface area contributed by atoms with Crippen LogP contribution in [0.2, 0.25) is 0 Å². The third-order valence-corrected chi connectivity index (χ3v) is 5.51. The smallest absolute Gasteiger partial charge is 0.324 e. The van der Waals surface area contributed by atoms with E-state index in [0.29, 0.717) is 34.5 Å². The first kappa shape index (κ1) is 34.9. The lowest BCUT2D eigenvalue weighted by Crippen LogP contribution is -1.83. The minimum absolute atomic E-state index is 0.149. The van der Waals surface area contributed by atoms with Gasteiger partial charge in [0.1, 0.15) is 17.2 Å². The maximum atomic E-state index is 9.45. The van der Waals surface area contributed by atoms with Crippen molar-refractivity contribution in [1.82, 2.24) is 0 Å². The lowest BCUT2D eigenvalue weighted by molar-refractivity contribution is 0.368. The molecule has 0 atom stereocenters. The molecule has 0 aromatic heterocycles. The van der Waals surface area contributed by atoms with Gasteiger partial charge in [-0.15, -0.1) is 0 Å². The number of ether oxygens (including phenoxy) is 3. The lowest BCUT2D eigenvalue weighted by atomic mass is 10.3. The molecule has 0 saturated carbocycles. The quantitative estimate of drug-likeness (QED) is 0.0983. The molecular weight excluding hydrogens is 607 g/mol. The van der Waals surface area contributed by atoms with Gasteiger partial charge < -0.3 is 44.2 Å². The fourth-order valence-corrected chi connectivity index (χ4v) is 3.48. The van der Waals surface area contributed by atoms with Gasteiger partial charge >= 0.3 is 8.60 Å². The van der Waals surface area contributed by atoms with E-state index in [2.05, 4.69) is 0 Å². The van der Waals surface area contributed by atoms with Crippen LogP contribution in [0.25, 0.3) is 0 Å². The Bertz CT molecular complexity index is 1490. The Hall–Kier alpha value is -5.57. The molecule has 0 amide bonds. The largest absolute Gasteiger partial charge is 0.504 e. The maximum Gasteiger partial charge on any atom is 0.324 e. The Kier molecular flexibility index (Phi) is 14.9. The van der Waals surface area contributed by atoms with Crippen LogP contribution in [0.4, 0.5) is 0 Å². The van der Waals surface area contributed by atoms with E-state index in [-0.39, 0.29) is 17.2 Å². The molecule has 0 saturated heterocycles. The number of aromatic hydroxyl groups is 3. The van der Waals surface area contributed by atoms with Gasteiger partial charge in [-0.05, 0) is 72.8 Å². The first-order valence-electron chi connectivity index (χ1n) is 13.7. The topological polar surface area (TPSA) is 149 Å². The summed E-state index contributed by atoms with van der Waals surface area (Å²) in [4.78, 5) is 21.7. The molecule has 0 spiro atoms. The molecule has 6 N–H and O–H groups in total. The van der Waals surface area contributed by atoms with Gasteiger partial charge in [0.05, 0.1) is 0 Å². The second-order valence-corrected chi connectivity index (χ2v) is 9.45. The van der Waals surface area contributed by atoms with Crippen LogP contribution >= 0.6 is 8.60 Å². The van der Waals surface area contributed by atoms with E-state index in [9.17, 15) is 15.3 Å². The summed E-state index contributed by atoms with van der Waals surface area (Å²) in [7, 11) is -2.62. The summed E-state index contributed by atoms with van der Waals surface area (Å²) in [5.74, 6) is 4.01. The molecule has 0 aliphatic rings. The average Bonchev–Trinajstić information content (AvgIpc) is 3.06. The number of benzene rings is 6. The SMILES string of the molecule is OP(O)O.Oc1ccccc1Oc1ccccc1.Oc1ccccc1Oc1ccccc1.Oc1ccccc1Oc1ccccc1. The summed E-state index contributed by atoms with van der Waals surface area (Å²) in [6.07, 6.45) is 0. The number of hydrogen-bond acceptors (Lipinski definition) is 9. The molecular formula is C36H33O9P. The number of phenolic OH excluding ortho intramolecular Hbond substituents is 3. The molecule has 0 heterocycles. The maximum absolute atomic E-state index is 9.45. The van der Waals surface area contributed by atoms with Crippen LogP contribution in [-0.4, -0.2) is 30.0 Å². The molecule has 0 unspecified atom stereocenters. The zero-order chi connectivity index (χ0) is 33.0. The van der Waals surface area contributed by atoms with Gasteiger partial charge in [0.15, 0.2) is 34.5 Å². The van der Waals surface area contributed by atoms with E-state index >= 15 is 0 Å². The third-order valence-electron chi connectivity index (χ3n) is 5.51. The van der Waals surface area contributed by atoms with E-state index in [1.807, 2.05) is 109 Å². The summed E-state index contributed by atoms with van der Waals surface area (Å²) in [5.41, 5.74) is 0. The lowest BCUT2D eigenvalue weighted by Gasteiger charge is -2.06. The number of rotatable bonds is 6. The van der Waals surface area contributed by atoms with Gasteiger partial charge in [0, 0.05) is 0 Å². The summed E-state index contributed by atoms with van der Waals surface area (Å²) >= 11 is 0. The Balaban J connectivity index is 0.000000177. The highest BCUT2D eigenvalue weighted by atomic mass is 31.2. The first-order chi connectivity index (χ1) is 22.3. The van der Waals surface area contributed by atoms with Crippen molar-refractivity contribution in [2.75, 3.05) is 0 Å². The van der Waals surface area contributed by atoms with Gasteiger partial charge in [-0.2, -0.15) is 0 Å². The van der Waals surface area contributed by atoms with E-state index in [0.717, 1.165) is 0 Å². The molecule has 6 rings (SSSR count). The second kappa shape index (κ2) is 19.7. The van der Waals surface area contributed by atoms with Crippen LogP contribution in [0.3, 0.4) is 0 Å². The van der Waals surface area contributed by atoms with Gasteiger partial charge in [-0.3, -0.25) is 0 Å². The Morgan fingerprint density at radius 2 is 0.500 bits per heavy atom. The Morgan fingerprint density at radius 1 is 0.304 bits per heavy atom. The molecule has 46 heavy (non-hydrogen) atoms. The Labute approximate surface area is 268 Å².